The molecule has 2 aromatic rings. The lowest BCUT2D eigenvalue weighted by Gasteiger charge is -2.07. The fourth-order valence-corrected chi connectivity index (χ4v) is 2.27. The number of aromatic nitrogens is 2. The molecular weight excluding hydrogens is 273 g/mol. The molecule has 1 saturated heterocycles. The maximum absolute atomic E-state index is 13.5. The third-order valence-electron chi connectivity index (χ3n) is 3.57. The summed E-state index contributed by atoms with van der Waals surface area (Å²) >= 11 is 0. The van der Waals surface area contributed by atoms with Gasteiger partial charge in [-0.05, 0) is 31.0 Å². The van der Waals surface area contributed by atoms with Crippen LogP contribution >= 0.6 is 0 Å². The Labute approximate surface area is 121 Å². The molecule has 1 N–H and O–H groups in total. The second kappa shape index (κ2) is 5.65. The average molecular weight is 289 g/mol. The van der Waals surface area contributed by atoms with Gasteiger partial charge in [-0.2, -0.15) is 5.10 Å². The van der Waals surface area contributed by atoms with Crippen molar-refractivity contribution >= 4 is 11.6 Å². The number of rotatable bonds is 3. The summed E-state index contributed by atoms with van der Waals surface area (Å²) in [5.74, 6) is -0.738. The molecule has 2 heterocycles. The second-order valence-corrected chi connectivity index (χ2v) is 5.14. The van der Waals surface area contributed by atoms with E-state index >= 15 is 0 Å². The van der Waals surface area contributed by atoms with E-state index in [9.17, 15) is 9.18 Å². The van der Waals surface area contributed by atoms with Crippen molar-refractivity contribution in [3.63, 3.8) is 0 Å². The van der Waals surface area contributed by atoms with Crippen LogP contribution in [-0.2, 0) is 4.74 Å². The van der Waals surface area contributed by atoms with Crippen molar-refractivity contribution < 1.29 is 13.9 Å². The molecule has 1 aromatic carbocycles. The van der Waals surface area contributed by atoms with Crippen molar-refractivity contribution in [1.82, 2.24) is 9.78 Å². The molecule has 0 saturated carbocycles. The lowest BCUT2D eigenvalue weighted by molar-refractivity contribution is 0.102. The number of hydrogen-bond donors (Lipinski definition) is 1. The van der Waals surface area contributed by atoms with Gasteiger partial charge in [0.2, 0.25) is 0 Å². The fraction of sp³-hybridized carbons (Fsp3) is 0.333. The minimum absolute atomic E-state index is 0.215. The molecule has 0 bridgehead atoms. The Kier molecular flexibility index (Phi) is 3.70. The molecule has 0 radical (unpaired) electrons. The second-order valence-electron chi connectivity index (χ2n) is 5.14. The first kappa shape index (κ1) is 13.8. The standard InChI is InChI=1S/C15H16FN3O2/c1-10-2-3-11(6-14(10)16)15(20)18-12-7-17-19(8-12)13-4-5-21-9-13/h2-3,6-8,13H,4-5,9H2,1H3,(H,18,20)/t13-/m0/s1. The van der Waals surface area contributed by atoms with Crippen LogP contribution < -0.4 is 5.32 Å². The highest BCUT2D eigenvalue weighted by Gasteiger charge is 2.18. The quantitative estimate of drug-likeness (QED) is 0.944. The number of halogens is 1. The van der Waals surface area contributed by atoms with Gasteiger partial charge in [-0.3, -0.25) is 9.48 Å². The third kappa shape index (κ3) is 2.95. The highest BCUT2D eigenvalue weighted by molar-refractivity contribution is 6.04. The Hall–Kier alpha value is -2.21. The largest absolute Gasteiger partial charge is 0.379 e. The molecule has 1 aliphatic heterocycles. The number of aryl methyl sites for hydroxylation is 1. The van der Waals surface area contributed by atoms with Gasteiger partial charge in [-0.25, -0.2) is 4.39 Å². The number of benzene rings is 1. The predicted octanol–water partition coefficient (Wildman–Crippen LogP) is 2.54. The summed E-state index contributed by atoms with van der Waals surface area (Å²) in [4.78, 5) is 12.1. The van der Waals surface area contributed by atoms with E-state index in [1.807, 2.05) is 0 Å². The molecule has 21 heavy (non-hydrogen) atoms. The molecule has 1 aromatic heterocycles. The predicted molar refractivity (Wildman–Crippen MR) is 75.8 cm³/mol. The molecule has 0 aliphatic carbocycles. The zero-order valence-corrected chi connectivity index (χ0v) is 11.7. The zero-order chi connectivity index (χ0) is 14.8. The normalized spacial score (nSPS) is 17.9. The number of ether oxygens (including phenoxy) is 1. The van der Waals surface area contributed by atoms with E-state index in [1.165, 1.54) is 6.07 Å². The molecule has 6 heteroatoms. The Bertz CT molecular complexity index is 663. The molecule has 1 amide bonds. The summed E-state index contributed by atoms with van der Waals surface area (Å²) in [6, 6.07) is 4.64. The Morgan fingerprint density at radius 3 is 3.10 bits per heavy atom. The zero-order valence-electron chi connectivity index (χ0n) is 11.7. The Balaban J connectivity index is 1.70. The summed E-state index contributed by atoms with van der Waals surface area (Å²) in [6.45, 7) is 3.03. The number of anilines is 1. The van der Waals surface area contributed by atoms with E-state index < -0.39 is 0 Å². The van der Waals surface area contributed by atoms with Gasteiger partial charge < -0.3 is 10.1 Å². The van der Waals surface area contributed by atoms with Crippen LogP contribution in [0, 0.1) is 12.7 Å². The third-order valence-corrected chi connectivity index (χ3v) is 3.57. The summed E-state index contributed by atoms with van der Waals surface area (Å²) in [5, 5.41) is 6.94. The molecule has 3 rings (SSSR count). The molecule has 5 nitrogen and oxygen atoms in total. The molecule has 110 valence electrons. The smallest absolute Gasteiger partial charge is 0.255 e. The number of carbonyl (C=O) groups excluding carboxylic acids is 1. The minimum Gasteiger partial charge on any atom is -0.379 e. The Morgan fingerprint density at radius 1 is 1.52 bits per heavy atom. The van der Waals surface area contributed by atoms with E-state index in [4.69, 9.17) is 4.74 Å². The fourth-order valence-electron chi connectivity index (χ4n) is 2.27. The van der Waals surface area contributed by atoms with Crippen molar-refractivity contribution in [3.05, 3.63) is 47.5 Å². The van der Waals surface area contributed by atoms with Crippen LogP contribution in [-0.4, -0.2) is 28.9 Å². The molecular formula is C15H16FN3O2. The SMILES string of the molecule is Cc1ccc(C(=O)Nc2cnn([C@H]3CCOC3)c2)cc1F. The Morgan fingerprint density at radius 2 is 2.38 bits per heavy atom. The van der Waals surface area contributed by atoms with Gasteiger partial charge in [0, 0.05) is 18.4 Å². The maximum Gasteiger partial charge on any atom is 0.255 e. The van der Waals surface area contributed by atoms with E-state index in [2.05, 4.69) is 10.4 Å². The molecule has 1 fully saturated rings. The number of nitrogens with zero attached hydrogens (tertiary/aromatic N) is 2. The number of carbonyl (C=O) groups is 1. The van der Waals surface area contributed by atoms with Crippen molar-refractivity contribution in [2.45, 2.75) is 19.4 Å². The molecule has 0 unspecified atom stereocenters. The van der Waals surface area contributed by atoms with E-state index in [1.54, 1.807) is 36.1 Å². The van der Waals surface area contributed by atoms with Crippen LogP contribution in [0.5, 0.6) is 0 Å². The summed E-state index contributed by atoms with van der Waals surface area (Å²) in [7, 11) is 0. The summed E-state index contributed by atoms with van der Waals surface area (Å²) in [5.41, 5.74) is 1.39. The van der Waals surface area contributed by atoms with Gasteiger partial charge in [0.05, 0.1) is 24.5 Å². The van der Waals surface area contributed by atoms with E-state index in [0.717, 1.165) is 13.0 Å². The van der Waals surface area contributed by atoms with Crippen LogP contribution in [0.4, 0.5) is 10.1 Å². The van der Waals surface area contributed by atoms with Crippen LogP contribution in [0.15, 0.2) is 30.6 Å². The molecule has 1 aliphatic rings. The van der Waals surface area contributed by atoms with Crippen molar-refractivity contribution in [3.8, 4) is 0 Å². The molecule has 1 atom stereocenters. The highest BCUT2D eigenvalue weighted by Crippen LogP contribution is 2.20. The first-order valence-electron chi connectivity index (χ1n) is 6.83. The van der Waals surface area contributed by atoms with Crippen LogP contribution in [0.1, 0.15) is 28.4 Å². The minimum atomic E-state index is -0.388. The van der Waals surface area contributed by atoms with E-state index in [0.29, 0.717) is 17.9 Å². The molecule has 0 spiro atoms. The summed E-state index contributed by atoms with van der Waals surface area (Å²) in [6.07, 6.45) is 4.26. The van der Waals surface area contributed by atoms with E-state index in [-0.39, 0.29) is 23.3 Å². The van der Waals surface area contributed by atoms with Gasteiger partial charge in [-0.15, -0.1) is 0 Å². The van der Waals surface area contributed by atoms with Crippen molar-refractivity contribution in [2.75, 3.05) is 18.5 Å². The van der Waals surface area contributed by atoms with Gasteiger partial charge in [0.1, 0.15) is 5.82 Å². The van der Waals surface area contributed by atoms with Gasteiger partial charge in [0.25, 0.3) is 5.91 Å². The highest BCUT2D eigenvalue weighted by atomic mass is 19.1. The van der Waals surface area contributed by atoms with Crippen molar-refractivity contribution in [1.29, 1.82) is 0 Å². The lowest BCUT2D eigenvalue weighted by Crippen LogP contribution is -2.12. The van der Waals surface area contributed by atoms with Gasteiger partial charge in [0.15, 0.2) is 0 Å². The average Bonchev–Trinajstić information content (AvgIpc) is 3.12. The maximum atomic E-state index is 13.5. The number of nitrogens with one attached hydrogen (secondary N) is 1. The number of amides is 1. The van der Waals surface area contributed by atoms with Crippen LogP contribution in [0.25, 0.3) is 0 Å². The summed E-state index contributed by atoms with van der Waals surface area (Å²) < 4.78 is 20.6. The lowest BCUT2D eigenvalue weighted by atomic mass is 10.1. The topological polar surface area (TPSA) is 56.2 Å². The van der Waals surface area contributed by atoms with Gasteiger partial charge in [-0.1, -0.05) is 6.07 Å². The first-order valence-corrected chi connectivity index (χ1v) is 6.83. The first-order chi connectivity index (χ1) is 10.1. The number of hydrogen-bond acceptors (Lipinski definition) is 3. The van der Waals surface area contributed by atoms with Crippen molar-refractivity contribution in [2.24, 2.45) is 0 Å². The van der Waals surface area contributed by atoms with Gasteiger partial charge >= 0.3 is 0 Å². The van der Waals surface area contributed by atoms with Crippen LogP contribution in [0.2, 0.25) is 0 Å². The van der Waals surface area contributed by atoms with Crippen LogP contribution in [0.3, 0.4) is 0 Å². The monoisotopic (exact) mass is 289 g/mol.